The summed E-state index contributed by atoms with van der Waals surface area (Å²) >= 11 is 0. The summed E-state index contributed by atoms with van der Waals surface area (Å²) in [6, 6.07) is 1.82. The molecule has 7 nitrogen and oxygen atoms in total. The van der Waals surface area contributed by atoms with Gasteiger partial charge >= 0.3 is 0 Å². The summed E-state index contributed by atoms with van der Waals surface area (Å²) in [4.78, 5) is 12.2. The fraction of sp³-hybridized carbons (Fsp3) is 0.583. The SMILES string of the molecule is CCC(CC)(C(=O)NCCn1cccn1)C(N)=NO. The van der Waals surface area contributed by atoms with E-state index in [1.165, 1.54) is 0 Å². The van der Waals surface area contributed by atoms with Gasteiger partial charge in [-0.15, -0.1) is 0 Å². The summed E-state index contributed by atoms with van der Waals surface area (Å²) in [5.74, 6) is -0.269. The molecule has 1 aromatic rings. The predicted molar refractivity (Wildman–Crippen MR) is 71.7 cm³/mol. The third-order valence-electron chi connectivity index (χ3n) is 3.43. The van der Waals surface area contributed by atoms with Gasteiger partial charge in [0, 0.05) is 18.9 Å². The number of hydrogen-bond acceptors (Lipinski definition) is 4. The molecule has 0 aromatic carbocycles. The Morgan fingerprint density at radius 2 is 2.21 bits per heavy atom. The lowest BCUT2D eigenvalue weighted by atomic mass is 9.80. The molecule has 0 radical (unpaired) electrons. The van der Waals surface area contributed by atoms with Crippen molar-refractivity contribution in [1.82, 2.24) is 15.1 Å². The molecule has 7 heteroatoms. The molecular formula is C12H21N5O2. The van der Waals surface area contributed by atoms with Crippen LogP contribution in [0.1, 0.15) is 26.7 Å². The van der Waals surface area contributed by atoms with Gasteiger partial charge in [0.25, 0.3) is 0 Å². The third-order valence-corrected chi connectivity index (χ3v) is 3.43. The standard InChI is InChI=1S/C12H21N5O2/c1-3-12(4-2,10(13)16-19)11(18)14-7-9-17-8-5-6-15-17/h5-6,8,19H,3-4,7,9H2,1-2H3,(H2,13,16)(H,14,18). The van der Waals surface area contributed by atoms with Crippen LogP contribution in [0.3, 0.4) is 0 Å². The maximum absolute atomic E-state index is 12.2. The molecule has 19 heavy (non-hydrogen) atoms. The van der Waals surface area contributed by atoms with Crippen molar-refractivity contribution in [3.8, 4) is 0 Å². The van der Waals surface area contributed by atoms with E-state index in [0.29, 0.717) is 25.9 Å². The summed E-state index contributed by atoms with van der Waals surface area (Å²) in [5.41, 5.74) is 4.72. The van der Waals surface area contributed by atoms with Crippen LogP contribution in [0.2, 0.25) is 0 Å². The molecule has 0 aliphatic heterocycles. The molecule has 1 aromatic heterocycles. The average molecular weight is 267 g/mol. The van der Waals surface area contributed by atoms with Crippen molar-refractivity contribution < 1.29 is 10.0 Å². The number of carbonyl (C=O) groups excluding carboxylic acids is 1. The van der Waals surface area contributed by atoms with Crippen LogP contribution < -0.4 is 11.1 Å². The Morgan fingerprint density at radius 3 is 2.68 bits per heavy atom. The molecule has 0 atom stereocenters. The van der Waals surface area contributed by atoms with E-state index < -0.39 is 5.41 Å². The van der Waals surface area contributed by atoms with Gasteiger partial charge in [-0.1, -0.05) is 19.0 Å². The van der Waals surface area contributed by atoms with E-state index in [1.54, 1.807) is 10.9 Å². The molecule has 1 heterocycles. The largest absolute Gasteiger partial charge is 0.409 e. The minimum absolute atomic E-state index is 0.0471. The summed E-state index contributed by atoms with van der Waals surface area (Å²) in [6.07, 6.45) is 4.46. The summed E-state index contributed by atoms with van der Waals surface area (Å²) in [5, 5.41) is 18.7. The Bertz CT molecular complexity index is 423. The van der Waals surface area contributed by atoms with Crippen LogP contribution >= 0.6 is 0 Å². The highest BCUT2D eigenvalue weighted by molar-refractivity contribution is 6.06. The van der Waals surface area contributed by atoms with Crippen LogP contribution in [0.25, 0.3) is 0 Å². The number of oxime groups is 1. The summed E-state index contributed by atoms with van der Waals surface area (Å²) in [6.45, 7) is 4.71. The molecule has 0 saturated carbocycles. The van der Waals surface area contributed by atoms with Crippen LogP contribution in [0.4, 0.5) is 0 Å². The lowest BCUT2D eigenvalue weighted by Gasteiger charge is -2.28. The predicted octanol–water partition coefficient (Wildman–Crippen LogP) is 0.552. The first-order valence-corrected chi connectivity index (χ1v) is 6.34. The van der Waals surface area contributed by atoms with E-state index in [1.807, 2.05) is 26.1 Å². The van der Waals surface area contributed by atoms with E-state index in [4.69, 9.17) is 10.9 Å². The number of nitrogens with two attached hydrogens (primary N) is 1. The van der Waals surface area contributed by atoms with Gasteiger partial charge in [0.05, 0.1) is 6.54 Å². The Kier molecular flexibility index (Phi) is 5.35. The Hall–Kier alpha value is -2.05. The Balaban J connectivity index is 2.63. The molecule has 106 valence electrons. The molecule has 1 rings (SSSR count). The monoisotopic (exact) mass is 267 g/mol. The highest BCUT2D eigenvalue weighted by Crippen LogP contribution is 2.26. The van der Waals surface area contributed by atoms with Crippen molar-refractivity contribution in [3.05, 3.63) is 18.5 Å². The van der Waals surface area contributed by atoms with E-state index in [0.717, 1.165) is 0 Å². The van der Waals surface area contributed by atoms with Gasteiger partial charge in [-0.2, -0.15) is 5.10 Å². The van der Waals surface area contributed by atoms with Crippen LogP contribution in [0, 0.1) is 5.41 Å². The number of rotatable bonds is 7. The fourth-order valence-corrected chi connectivity index (χ4v) is 2.03. The van der Waals surface area contributed by atoms with Gasteiger partial charge < -0.3 is 16.3 Å². The molecule has 0 aliphatic rings. The van der Waals surface area contributed by atoms with Crippen LogP contribution in [-0.4, -0.2) is 33.3 Å². The van der Waals surface area contributed by atoms with Crippen LogP contribution in [0.15, 0.2) is 23.6 Å². The van der Waals surface area contributed by atoms with Crippen molar-refractivity contribution in [1.29, 1.82) is 0 Å². The first kappa shape index (κ1) is 15.0. The lowest BCUT2D eigenvalue weighted by molar-refractivity contribution is -0.128. The topological polar surface area (TPSA) is 106 Å². The van der Waals surface area contributed by atoms with Crippen molar-refractivity contribution in [3.63, 3.8) is 0 Å². The summed E-state index contributed by atoms with van der Waals surface area (Å²) < 4.78 is 1.73. The summed E-state index contributed by atoms with van der Waals surface area (Å²) in [7, 11) is 0. The van der Waals surface area contributed by atoms with E-state index in [-0.39, 0.29) is 11.7 Å². The van der Waals surface area contributed by atoms with Gasteiger partial charge in [0.1, 0.15) is 5.41 Å². The van der Waals surface area contributed by atoms with Gasteiger partial charge in [-0.05, 0) is 18.9 Å². The van der Waals surface area contributed by atoms with Crippen molar-refractivity contribution >= 4 is 11.7 Å². The number of amidine groups is 1. The molecule has 0 bridgehead atoms. The minimum Gasteiger partial charge on any atom is -0.409 e. The Labute approximate surface area is 112 Å². The molecule has 0 aliphatic carbocycles. The van der Waals surface area contributed by atoms with Crippen molar-refractivity contribution in [2.45, 2.75) is 33.2 Å². The highest BCUT2D eigenvalue weighted by Gasteiger charge is 2.39. The molecule has 0 unspecified atom stereocenters. The van der Waals surface area contributed by atoms with Crippen LogP contribution in [-0.2, 0) is 11.3 Å². The second-order valence-corrected chi connectivity index (χ2v) is 4.30. The second kappa shape index (κ2) is 6.77. The molecule has 0 fully saturated rings. The number of hydrogen-bond donors (Lipinski definition) is 3. The lowest BCUT2D eigenvalue weighted by Crippen LogP contribution is -2.49. The Morgan fingerprint density at radius 1 is 1.53 bits per heavy atom. The fourth-order valence-electron chi connectivity index (χ4n) is 2.03. The maximum Gasteiger partial charge on any atom is 0.233 e. The minimum atomic E-state index is -0.946. The van der Waals surface area contributed by atoms with Crippen molar-refractivity contribution in [2.75, 3.05) is 6.54 Å². The van der Waals surface area contributed by atoms with Crippen molar-refractivity contribution in [2.24, 2.45) is 16.3 Å². The zero-order valence-corrected chi connectivity index (χ0v) is 11.3. The zero-order chi connectivity index (χ0) is 14.3. The van der Waals surface area contributed by atoms with Gasteiger partial charge in [0.2, 0.25) is 5.91 Å². The third kappa shape index (κ3) is 3.24. The van der Waals surface area contributed by atoms with E-state index in [2.05, 4.69) is 15.6 Å². The van der Waals surface area contributed by atoms with Gasteiger partial charge in [-0.3, -0.25) is 9.48 Å². The smallest absolute Gasteiger partial charge is 0.233 e. The molecule has 0 saturated heterocycles. The number of nitrogens with zero attached hydrogens (tertiary/aromatic N) is 3. The normalized spacial score (nSPS) is 12.4. The first-order valence-electron chi connectivity index (χ1n) is 6.34. The maximum atomic E-state index is 12.2. The van der Waals surface area contributed by atoms with E-state index >= 15 is 0 Å². The number of nitrogens with one attached hydrogen (secondary N) is 1. The zero-order valence-electron chi connectivity index (χ0n) is 11.3. The molecule has 0 spiro atoms. The molecule has 1 amide bonds. The van der Waals surface area contributed by atoms with E-state index in [9.17, 15) is 4.79 Å². The van der Waals surface area contributed by atoms with Gasteiger partial charge in [0.15, 0.2) is 5.84 Å². The number of amides is 1. The number of aromatic nitrogens is 2. The average Bonchev–Trinajstić information content (AvgIpc) is 2.93. The first-order chi connectivity index (χ1) is 9.10. The second-order valence-electron chi connectivity index (χ2n) is 4.30. The molecule has 4 N–H and O–H groups in total. The quantitative estimate of drug-likeness (QED) is 0.290. The van der Waals surface area contributed by atoms with Gasteiger partial charge in [-0.25, -0.2) is 0 Å². The van der Waals surface area contributed by atoms with Crippen LogP contribution in [0.5, 0.6) is 0 Å². The molecular weight excluding hydrogens is 246 g/mol. The highest BCUT2D eigenvalue weighted by atomic mass is 16.4. The number of carbonyl (C=O) groups is 1.